The van der Waals surface area contributed by atoms with Crippen LogP contribution in [-0.2, 0) is 4.79 Å². The number of nitrogens with zero attached hydrogens (tertiary/aromatic N) is 1. The molecule has 17 heavy (non-hydrogen) atoms. The molecule has 1 rings (SSSR count). The van der Waals surface area contributed by atoms with Crippen molar-refractivity contribution >= 4 is 33.3 Å². The van der Waals surface area contributed by atoms with Gasteiger partial charge in [-0.05, 0) is 26.0 Å². The summed E-state index contributed by atoms with van der Waals surface area (Å²) in [4.78, 5) is 21.2. The van der Waals surface area contributed by atoms with E-state index >= 15 is 0 Å². The van der Waals surface area contributed by atoms with Crippen molar-refractivity contribution in [3.63, 3.8) is 0 Å². The molecule has 2 N–H and O–H groups in total. The van der Waals surface area contributed by atoms with Crippen molar-refractivity contribution < 1.29 is 14.8 Å². The SMILES string of the molecule is CC(C)(Nc1ccc(Br)cc1[N+](=O)[O-])C(=O)O. The van der Waals surface area contributed by atoms with Crippen molar-refractivity contribution in [3.8, 4) is 0 Å². The van der Waals surface area contributed by atoms with Gasteiger partial charge < -0.3 is 10.4 Å². The number of carbonyl (C=O) groups is 1. The molecule has 0 aromatic heterocycles. The molecule has 0 aliphatic heterocycles. The first-order valence-corrected chi connectivity index (χ1v) is 5.49. The van der Waals surface area contributed by atoms with Gasteiger partial charge in [-0.25, -0.2) is 4.79 Å². The van der Waals surface area contributed by atoms with E-state index < -0.39 is 16.4 Å². The zero-order chi connectivity index (χ0) is 13.2. The molecule has 6 nitrogen and oxygen atoms in total. The van der Waals surface area contributed by atoms with Crippen molar-refractivity contribution in [2.45, 2.75) is 19.4 Å². The molecule has 0 bridgehead atoms. The van der Waals surface area contributed by atoms with E-state index in [0.717, 1.165) is 0 Å². The van der Waals surface area contributed by atoms with E-state index in [-0.39, 0.29) is 11.4 Å². The predicted molar refractivity (Wildman–Crippen MR) is 66.1 cm³/mol. The number of carboxylic acids is 1. The summed E-state index contributed by atoms with van der Waals surface area (Å²) >= 11 is 3.12. The van der Waals surface area contributed by atoms with Crippen molar-refractivity contribution in [3.05, 3.63) is 32.8 Å². The minimum atomic E-state index is -1.28. The zero-order valence-electron chi connectivity index (χ0n) is 9.23. The predicted octanol–water partition coefficient (Wildman–Crippen LogP) is 2.63. The molecular weight excluding hydrogens is 292 g/mol. The molecule has 7 heteroatoms. The first-order chi connectivity index (χ1) is 7.74. The number of nitro benzene ring substituents is 1. The molecule has 1 aromatic rings. The molecule has 0 unspecified atom stereocenters. The minimum Gasteiger partial charge on any atom is -0.480 e. The number of aliphatic carboxylic acids is 1. The fourth-order valence-electron chi connectivity index (χ4n) is 1.15. The van der Waals surface area contributed by atoms with Crippen LogP contribution in [-0.4, -0.2) is 21.5 Å². The van der Waals surface area contributed by atoms with Crippen LogP contribution in [0, 0.1) is 10.1 Å². The Morgan fingerprint density at radius 1 is 1.53 bits per heavy atom. The Balaban J connectivity index is 3.15. The number of rotatable bonds is 4. The number of nitrogens with one attached hydrogen (secondary N) is 1. The highest BCUT2D eigenvalue weighted by Gasteiger charge is 2.29. The maximum Gasteiger partial charge on any atom is 0.328 e. The third-order valence-electron chi connectivity index (χ3n) is 2.14. The summed E-state index contributed by atoms with van der Waals surface area (Å²) in [6.45, 7) is 2.86. The minimum absolute atomic E-state index is 0.172. The van der Waals surface area contributed by atoms with Crippen LogP contribution in [0.3, 0.4) is 0 Å². The van der Waals surface area contributed by atoms with Crippen LogP contribution in [0.1, 0.15) is 13.8 Å². The average Bonchev–Trinajstić information content (AvgIpc) is 2.19. The molecule has 0 aliphatic rings. The third-order valence-corrected chi connectivity index (χ3v) is 2.63. The lowest BCUT2D eigenvalue weighted by atomic mass is 10.1. The van der Waals surface area contributed by atoms with Crippen LogP contribution < -0.4 is 5.32 Å². The number of hydrogen-bond acceptors (Lipinski definition) is 4. The Kier molecular flexibility index (Phi) is 3.72. The van der Waals surface area contributed by atoms with E-state index in [1.807, 2.05) is 0 Å². The van der Waals surface area contributed by atoms with E-state index in [9.17, 15) is 14.9 Å². The monoisotopic (exact) mass is 302 g/mol. The van der Waals surface area contributed by atoms with Crippen LogP contribution in [0.4, 0.5) is 11.4 Å². The smallest absolute Gasteiger partial charge is 0.328 e. The Hall–Kier alpha value is -1.63. The van der Waals surface area contributed by atoms with Gasteiger partial charge in [0.05, 0.1) is 4.92 Å². The fourth-order valence-corrected chi connectivity index (χ4v) is 1.50. The van der Waals surface area contributed by atoms with Gasteiger partial charge in [0.1, 0.15) is 11.2 Å². The highest BCUT2D eigenvalue weighted by Crippen LogP contribution is 2.30. The van der Waals surface area contributed by atoms with E-state index in [4.69, 9.17) is 5.11 Å². The maximum absolute atomic E-state index is 10.9. The summed E-state index contributed by atoms with van der Waals surface area (Å²) in [6, 6.07) is 4.39. The molecule has 0 saturated heterocycles. The second-order valence-electron chi connectivity index (χ2n) is 3.97. The van der Waals surface area contributed by atoms with Gasteiger partial charge in [-0.1, -0.05) is 15.9 Å². The number of benzene rings is 1. The van der Waals surface area contributed by atoms with Gasteiger partial charge >= 0.3 is 5.97 Å². The molecule has 0 fully saturated rings. The van der Waals surface area contributed by atoms with Gasteiger partial charge in [0.2, 0.25) is 0 Å². The number of nitro groups is 1. The summed E-state index contributed by atoms with van der Waals surface area (Å²) in [5.74, 6) is -1.09. The van der Waals surface area contributed by atoms with Crippen LogP contribution >= 0.6 is 15.9 Å². The van der Waals surface area contributed by atoms with Crippen molar-refractivity contribution in [1.29, 1.82) is 0 Å². The summed E-state index contributed by atoms with van der Waals surface area (Å²) in [5, 5.41) is 22.4. The second-order valence-corrected chi connectivity index (χ2v) is 4.89. The Morgan fingerprint density at radius 2 is 2.12 bits per heavy atom. The lowest BCUT2D eigenvalue weighted by Gasteiger charge is -2.22. The van der Waals surface area contributed by atoms with E-state index in [1.165, 1.54) is 26.0 Å². The molecule has 1 aromatic carbocycles. The molecule has 0 spiro atoms. The van der Waals surface area contributed by atoms with Crippen molar-refractivity contribution in [1.82, 2.24) is 0 Å². The normalized spacial score (nSPS) is 11.0. The first kappa shape index (κ1) is 13.4. The lowest BCUT2D eigenvalue weighted by molar-refractivity contribution is -0.384. The van der Waals surface area contributed by atoms with Gasteiger partial charge in [0, 0.05) is 10.5 Å². The number of halogens is 1. The molecule has 0 radical (unpaired) electrons. The molecule has 92 valence electrons. The van der Waals surface area contributed by atoms with Gasteiger partial charge in [0.15, 0.2) is 0 Å². The van der Waals surface area contributed by atoms with Crippen LogP contribution in [0.5, 0.6) is 0 Å². The van der Waals surface area contributed by atoms with E-state index in [1.54, 1.807) is 6.07 Å². The quantitative estimate of drug-likeness (QED) is 0.659. The summed E-state index contributed by atoms with van der Waals surface area (Å²) in [6.07, 6.45) is 0. The van der Waals surface area contributed by atoms with Crippen LogP contribution in [0.25, 0.3) is 0 Å². The second kappa shape index (κ2) is 4.70. The number of hydrogen-bond donors (Lipinski definition) is 2. The highest BCUT2D eigenvalue weighted by atomic mass is 79.9. The van der Waals surface area contributed by atoms with Gasteiger partial charge in [-0.3, -0.25) is 10.1 Å². The number of anilines is 1. The average molecular weight is 303 g/mol. The Labute approximate surface area is 106 Å². The summed E-state index contributed by atoms with van der Waals surface area (Å²) in [7, 11) is 0. The molecule has 0 saturated carbocycles. The molecule has 0 atom stereocenters. The Bertz CT molecular complexity index is 473. The lowest BCUT2D eigenvalue weighted by Crippen LogP contribution is -2.40. The van der Waals surface area contributed by atoms with Crippen molar-refractivity contribution in [2.75, 3.05) is 5.32 Å². The highest BCUT2D eigenvalue weighted by molar-refractivity contribution is 9.10. The third kappa shape index (κ3) is 3.16. The topological polar surface area (TPSA) is 92.5 Å². The molecule has 0 amide bonds. The largest absolute Gasteiger partial charge is 0.480 e. The molecular formula is C10H11BrN2O4. The van der Waals surface area contributed by atoms with E-state index in [0.29, 0.717) is 4.47 Å². The van der Waals surface area contributed by atoms with Crippen LogP contribution in [0.2, 0.25) is 0 Å². The van der Waals surface area contributed by atoms with Gasteiger partial charge in [0.25, 0.3) is 5.69 Å². The Morgan fingerprint density at radius 3 is 2.59 bits per heavy atom. The van der Waals surface area contributed by atoms with Crippen LogP contribution in [0.15, 0.2) is 22.7 Å². The van der Waals surface area contributed by atoms with Crippen molar-refractivity contribution in [2.24, 2.45) is 0 Å². The van der Waals surface area contributed by atoms with Gasteiger partial charge in [-0.15, -0.1) is 0 Å². The number of carboxylic acid groups (broad SMARTS) is 1. The first-order valence-electron chi connectivity index (χ1n) is 4.69. The molecule has 0 aliphatic carbocycles. The van der Waals surface area contributed by atoms with Gasteiger partial charge in [-0.2, -0.15) is 0 Å². The zero-order valence-corrected chi connectivity index (χ0v) is 10.8. The van der Waals surface area contributed by atoms with E-state index in [2.05, 4.69) is 21.2 Å². The summed E-state index contributed by atoms with van der Waals surface area (Å²) in [5.41, 5.74) is -1.28. The maximum atomic E-state index is 10.9. The molecule has 0 heterocycles. The fraction of sp³-hybridized carbons (Fsp3) is 0.300. The standard InChI is InChI=1S/C10H11BrN2O4/c1-10(2,9(14)15)12-7-4-3-6(11)5-8(7)13(16)17/h3-5,12H,1-2H3,(H,14,15). The summed E-state index contributed by atoms with van der Waals surface area (Å²) < 4.78 is 0.558.